The van der Waals surface area contributed by atoms with Gasteiger partial charge in [0.25, 0.3) is 0 Å². The number of carbonyl (C=O) groups excluding carboxylic acids is 1. The van der Waals surface area contributed by atoms with Crippen LogP contribution in [0.4, 0.5) is 0 Å². The van der Waals surface area contributed by atoms with E-state index in [-0.39, 0.29) is 11.7 Å². The van der Waals surface area contributed by atoms with Crippen LogP contribution in [0.15, 0.2) is 41.5 Å². The fraction of sp³-hybridized carbons (Fsp3) is 0.357. The largest absolute Gasteiger partial charge is 0.293 e. The van der Waals surface area contributed by atoms with Gasteiger partial charge in [-0.05, 0) is 12.8 Å². The smallest absolute Gasteiger partial charge is 0.174 e. The highest BCUT2D eigenvalue weighted by molar-refractivity contribution is 6.04. The van der Waals surface area contributed by atoms with Crippen LogP contribution in [0, 0.1) is 5.92 Å². The third kappa shape index (κ3) is 1.74. The van der Waals surface area contributed by atoms with E-state index in [9.17, 15) is 4.79 Å². The molecule has 1 heteroatoms. The minimum Gasteiger partial charge on any atom is -0.293 e. The molecule has 0 amide bonds. The van der Waals surface area contributed by atoms with Crippen LogP contribution < -0.4 is 0 Å². The van der Waals surface area contributed by atoms with E-state index in [1.807, 2.05) is 30.3 Å². The lowest BCUT2D eigenvalue weighted by atomic mass is 10.0. The van der Waals surface area contributed by atoms with E-state index >= 15 is 0 Å². The second-order valence-electron chi connectivity index (χ2n) is 3.92. The van der Waals surface area contributed by atoms with Gasteiger partial charge in [-0.1, -0.05) is 55.3 Å². The quantitative estimate of drug-likeness (QED) is 0.536. The molecule has 0 aliphatic heterocycles. The number of benzene rings is 1. The number of hydrogen-bond acceptors (Lipinski definition) is 1. The van der Waals surface area contributed by atoms with Crippen LogP contribution in [0.2, 0.25) is 0 Å². The fourth-order valence-electron chi connectivity index (χ4n) is 2.27. The van der Waals surface area contributed by atoms with Crippen molar-refractivity contribution in [2.24, 2.45) is 5.92 Å². The van der Waals surface area contributed by atoms with Gasteiger partial charge in [0.1, 0.15) is 0 Å². The fourth-order valence-corrected chi connectivity index (χ4v) is 2.27. The molecule has 0 unspecified atom stereocenters. The molecule has 0 fully saturated rings. The van der Waals surface area contributed by atoms with Gasteiger partial charge in [0.2, 0.25) is 0 Å². The van der Waals surface area contributed by atoms with Gasteiger partial charge in [0.15, 0.2) is 5.78 Å². The Morgan fingerprint density at radius 1 is 1.07 bits per heavy atom. The van der Waals surface area contributed by atoms with E-state index in [0.29, 0.717) is 0 Å². The first-order chi connectivity index (χ1) is 7.29. The number of hydrogen-bond donors (Lipinski definition) is 0. The summed E-state index contributed by atoms with van der Waals surface area (Å²) >= 11 is 0. The minimum absolute atomic E-state index is 0.141. The highest BCUT2D eigenvalue weighted by atomic mass is 16.1. The first-order valence-electron chi connectivity index (χ1n) is 5.60. The Hall–Kier alpha value is -1.37. The Morgan fingerprint density at radius 2 is 1.60 bits per heavy atom. The van der Waals surface area contributed by atoms with Gasteiger partial charge in [-0.15, -0.1) is 0 Å². The predicted molar refractivity (Wildman–Crippen MR) is 61.9 cm³/mol. The number of carbonyl (C=O) groups is 1. The second kappa shape index (κ2) is 4.01. The van der Waals surface area contributed by atoms with Gasteiger partial charge in [-0.25, -0.2) is 0 Å². The Bertz CT molecular complexity index is 387. The Labute approximate surface area is 90.8 Å². The van der Waals surface area contributed by atoms with Gasteiger partial charge in [-0.3, -0.25) is 4.79 Å². The highest BCUT2D eigenvalue weighted by Crippen LogP contribution is 2.45. The van der Waals surface area contributed by atoms with Crippen molar-refractivity contribution in [2.45, 2.75) is 26.7 Å². The second-order valence-corrected chi connectivity index (χ2v) is 3.92. The predicted octanol–water partition coefficient (Wildman–Crippen LogP) is 3.62. The van der Waals surface area contributed by atoms with Gasteiger partial charge in [-0.2, -0.15) is 0 Å². The van der Waals surface area contributed by atoms with Gasteiger partial charge in [0, 0.05) is 5.56 Å². The molecule has 0 spiro atoms. The molecule has 1 nitrogen and oxygen atoms in total. The molecule has 0 N–H and O–H groups in total. The zero-order valence-corrected chi connectivity index (χ0v) is 9.29. The zero-order chi connectivity index (χ0) is 10.8. The average molecular weight is 200 g/mol. The normalized spacial score (nSPS) is 15.6. The minimum atomic E-state index is 0.141. The molecule has 1 aliphatic rings. The van der Waals surface area contributed by atoms with Crippen molar-refractivity contribution < 1.29 is 4.79 Å². The van der Waals surface area contributed by atoms with Crippen LogP contribution in [-0.2, 0) is 0 Å². The third-order valence-corrected chi connectivity index (χ3v) is 3.11. The summed E-state index contributed by atoms with van der Waals surface area (Å²) in [7, 11) is 0. The van der Waals surface area contributed by atoms with Crippen LogP contribution >= 0.6 is 0 Å². The van der Waals surface area contributed by atoms with E-state index in [1.54, 1.807) is 0 Å². The molecule has 0 bridgehead atoms. The van der Waals surface area contributed by atoms with Crippen molar-refractivity contribution in [1.29, 1.82) is 0 Å². The number of ketones is 1. The molecule has 78 valence electrons. The van der Waals surface area contributed by atoms with Crippen LogP contribution in [0.25, 0.3) is 0 Å². The van der Waals surface area contributed by atoms with E-state index in [1.165, 1.54) is 11.1 Å². The molecule has 0 saturated carbocycles. The monoisotopic (exact) mass is 200 g/mol. The summed E-state index contributed by atoms with van der Waals surface area (Å²) in [6.07, 6.45) is 2.04. The molecule has 0 heterocycles. The Balaban J connectivity index is 2.13. The van der Waals surface area contributed by atoms with Crippen molar-refractivity contribution in [1.82, 2.24) is 0 Å². The van der Waals surface area contributed by atoms with Crippen molar-refractivity contribution in [2.75, 3.05) is 0 Å². The highest BCUT2D eigenvalue weighted by Gasteiger charge is 2.39. The average Bonchev–Trinajstić information content (AvgIpc) is 3.02. The van der Waals surface area contributed by atoms with Gasteiger partial charge >= 0.3 is 0 Å². The SMILES string of the molecule is CCC1=C(CC)C1C(=O)c1ccccc1. The topological polar surface area (TPSA) is 17.1 Å². The lowest BCUT2D eigenvalue weighted by Crippen LogP contribution is -2.05. The molecule has 1 aromatic carbocycles. The summed E-state index contributed by atoms with van der Waals surface area (Å²) < 4.78 is 0. The summed E-state index contributed by atoms with van der Waals surface area (Å²) in [6, 6.07) is 9.60. The number of Topliss-reactive ketones (excluding diaryl/α,β-unsaturated/α-hetero) is 1. The summed E-state index contributed by atoms with van der Waals surface area (Å²) in [5.41, 5.74) is 3.58. The molecule has 0 saturated heterocycles. The Kier molecular flexibility index (Phi) is 2.72. The standard InChI is InChI=1S/C14H16O/c1-3-11-12(4-2)13(11)14(15)10-8-6-5-7-9-10/h5-9,13H,3-4H2,1-2H3. The van der Waals surface area contributed by atoms with E-state index in [0.717, 1.165) is 18.4 Å². The van der Waals surface area contributed by atoms with Crippen molar-refractivity contribution >= 4 is 5.78 Å². The molecule has 0 radical (unpaired) electrons. The summed E-state index contributed by atoms with van der Waals surface area (Å²) in [5.74, 6) is 0.423. The maximum atomic E-state index is 12.1. The van der Waals surface area contributed by atoms with Crippen molar-refractivity contribution in [3.63, 3.8) is 0 Å². The van der Waals surface area contributed by atoms with Crippen molar-refractivity contribution in [3.8, 4) is 0 Å². The van der Waals surface area contributed by atoms with Crippen molar-refractivity contribution in [3.05, 3.63) is 47.0 Å². The molecular weight excluding hydrogens is 184 g/mol. The summed E-state index contributed by atoms with van der Waals surface area (Å²) in [4.78, 5) is 12.1. The Morgan fingerprint density at radius 3 is 2.07 bits per heavy atom. The zero-order valence-electron chi connectivity index (χ0n) is 9.29. The van der Waals surface area contributed by atoms with E-state index in [4.69, 9.17) is 0 Å². The summed E-state index contributed by atoms with van der Waals surface area (Å²) in [5, 5.41) is 0. The maximum absolute atomic E-state index is 12.1. The summed E-state index contributed by atoms with van der Waals surface area (Å²) in [6.45, 7) is 4.26. The molecule has 0 aromatic heterocycles. The molecule has 1 aliphatic carbocycles. The number of allylic oxidation sites excluding steroid dienone is 2. The van der Waals surface area contributed by atoms with E-state index in [2.05, 4.69) is 13.8 Å². The van der Waals surface area contributed by atoms with Gasteiger partial charge in [0.05, 0.1) is 5.92 Å². The molecular formula is C14H16O. The molecule has 15 heavy (non-hydrogen) atoms. The van der Waals surface area contributed by atoms with E-state index < -0.39 is 0 Å². The van der Waals surface area contributed by atoms with Crippen LogP contribution in [0.5, 0.6) is 0 Å². The van der Waals surface area contributed by atoms with Crippen LogP contribution in [-0.4, -0.2) is 5.78 Å². The lowest BCUT2D eigenvalue weighted by molar-refractivity contribution is 0.0971. The first kappa shape index (κ1) is 10.2. The van der Waals surface area contributed by atoms with Crippen LogP contribution in [0.1, 0.15) is 37.0 Å². The molecule has 0 atom stereocenters. The third-order valence-electron chi connectivity index (χ3n) is 3.11. The molecule has 2 rings (SSSR count). The molecule has 1 aromatic rings. The number of rotatable bonds is 4. The first-order valence-corrected chi connectivity index (χ1v) is 5.60. The maximum Gasteiger partial charge on any atom is 0.174 e. The van der Waals surface area contributed by atoms with Gasteiger partial charge < -0.3 is 0 Å². The van der Waals surface area contributed by atoms with Crippen LogP contribution in [0.3, 0.4) is 0 Å². The lowest BCUT2D eigenvalue weighted by Gasteiger charge is -2.00.